The number of hydrogen-bond acceptors (Lipinski definition) is 8. The van der Waals surface area contributed by atoms with Gasteiger partial charge in [-0.25, -0.2) is 4.98 Å². The van der Waals surface area contributed by atoms with Crippen LogP contribution in [0.1, 0.15) is 50.9 Å². The number of morpholine rings is 1. The molecule has 9 heteroatoms. The molecule has 0 aliphatic carbocycles. The minimum absolute atomic E-state index is 0.115. The van der Waals surface area contributed by atoms with Crippen LogP contribution in [0.15, 0.2) is 84.2 Å². The first-order valence-corrected chi connectivity index (χ1v) is 16.6. The molecule has 1 N–H and O–H groups in total. The SMILES string of the molecule is COc1ccc(CN(CCC(c2ccccc2)c2ccccc2)Cc2nc(C(=O)NCCCN3CCOCC3)cs2)c(OC)c1. The van der Waals surface area contributed by atoms with E-state index in [2.05, 4.69) is 81.8 Å². The third kappa shape index (κ3) is 9.61. The van der Waals surface area contributed by atoms with Gasteiger partial charge in [-0.1, -0.05) is 66.7 Å². The van der Waals surface area contributed by atoms with Crippen molar-refractivity contribution in [2.45, 2.75) is 31.8 Å². The maximum Gasteiger partial charge on any atom is 0.270 e. The molecule has 0 radical (unpaired) electrons. The van der Waals surface area contributed by atoms with Gasteiger partial charge in [0.15, 0.2) is 0 Å². The molecule has 3 aromatic carbocycles. The number of carbonyl (C=O) groups excluding carboxylic acids is 1. The highest BCUT2D eigenvalue weighted by molar-refractivity contribution is 7.09. The van der Waals surface area contributed by atoms with Crippen LogP contribution in [0, 0.1) is 0 Å². The number of ether oxygens (including phenoxy) is 3. The monoisotopic (exact) mass is 628 g/mol. The highest BCUT2D eigenvalue weighted by atomic mass is 32.1. The van der Waals surface area contributed by atoms with Gasteiger partial charge in [-0.3, -0.25) is 14.6 Å². The standard InChI is InChI=1S/C36H44N4O4S/c1-42-31-15-14-30(34(24-31)43-2)25-40(19-16-32(28-10-5-3-6-11-28)29-12-7-4-8-13-29)26-35-38-33(27-45-35)36(41)37-17-9-18-39-20-22-44-23-21-39/h3-8,10-15,24,27,32H,9,16-23,25-26H2,1-2H3,(H,37,41). The quantitative estimate of drug-likeness (QED) is 0.156. The largest absolute Gasteiger partial charge is 0.497 e. The van der Waals surface area contributed by atoms with E-state index in [0.29, 0.717) is 25.3 Å². The second kappa shape index (κ2) is 17.1. The van der Waals surface area contributed by atoms with E-state index >= 15 is 0 Å². The van der Waals surface area contributed by atoms with E-state index in [0.717, 1.165) is 74.3 Å². The minimum atomic E-state index is -0.115. The summed E-state index contributed by atoms with van der Waals surface area (Å²) in [7, 11) is 3.35. The lowest BCUT2D eigenvalue weighted by Gasteiger charge is -2.26. The number of thiazole rings is 1. The average Bonchev–Trinajstić information content (AvgIpc) is 3.57. The third-order valence-corrected chi connectivity index (χ3v) is 9.04. The van der Waals surface area contributed by atoms with E-state index in [1.54, 1.807) is 14.2 Å². The number of rotatable bonds is 16. The lowest BCUT2D eigenvalue weighted by molar-refractivity contribution is 0.0374. The molecule has 5 rings (SSSR count). The number of hydrogen-bond donors (Lipinski definition) is 1. The Morgan fingerprint density at radius 2 is 1.69 bits per heavy atom. The summed E-state index contributed by atoms with van der Waals surface area (Å²) in [6, 6.07) is 27.4. The van der Waals surface area contributed by atoms with Crippen molar-refractivity contribution < 1.29 is 19.0 Å². The Balaban J connectivity index is 1.27. The van der Waals surface area contributed by atoms with Gasteiger partial charge in [0.25, 0.3) is 5.91 Å². The van der Waals surface area contributed by atoms with Crippen LogP contribution in [0.4, 0.5) is 0 Å². The molecule has 238 valence electrons. The Kier molecular flexibility index (Phi) is 12.4. The molecule has 1 amide bonds. The summed E-state index contributed by atoms with van der Waals surface area (Å²) >= 11 is 1.53. The zero-order valence-electron chi connectivity index (χ0n) is 26.3. The van der Waals surface area contributed by atoms with Crippen molar-refractivity contribution in [3.05, 3.63) is 112 Å². The zero-order chi connectivity index (χ0) is 31.3. The number of nitrogens with one attached hydrogen (secondary N) is 1. The molecule has 0 bridgehead atoms. The second-order valence-electron chi connectivity index (χ2n) is 11.2. The fraction of sp³-hybridized carbons (Fsp3) is 0.389. The molecule has 1 aromatic heterocycles. The van der Waals surface area contributed by atoms with Crippen LogP contribution < -0.4 is 14.8 Å². The van der Waals surface area contributed by atoms with Gasteiger partial charge >= 0.3 is 0 Å². The Bertz CT molecular complexity index is 1420. The van der Waals surface area contributed by atoms with Crippen LogP contribution in [0.25, 0.3) is 0 Å². The van der Waals surface area contributed by atoms with E-state index in [4.69, 9.17) is 19.2 Å². The molecule has 1 aliphatic heterocycles. The summed E-state index contributed by atoms with van der Waals surface area (Å²) in [5.41, 5.74) is 4.15. The van der Waals surface area contributed by atoms with Crippen molar-refractivity contribution >= 4 is 17.2 Å². The molecule has 1 aliphatic rings. The van der Waals surface area contributed by atoms with Crippen molar-refractivity contribution in [3.63, 3.8) is 0 Å². The lowest BCUT2D eigenvalue weighted by Crippen LogP contribution is -2.38. The fourth-order valence-electron chi connectivity index (χ4n) is 5.74. The molecular formula is C36H44N4O4S. The minimum Gasteiger partial charge on any atom is -0.497 e. The predicted octanol–water partition coefficient (Wildman–Crippen LogP) is 5.84. The van der Waals surface area contributed by atoms with Crippen molar-refractivity contribution in [2.24, 2.45) is 0 Å². The van der Waals surface area contributed by atoms with Crippen molar-refractivity contribution in [3.8, 4) is 11.5 Å². The van der Waals surface area contributed by atoms with E-state index in [1.165, 1.54) is 22.5 Å². The number of aromatic nitrogens is 1. The predicted molar refractivity (Wildman–Crippen MR) is 179 cm³/mol. The number of nitrogens with zero attached hydrogens (tertiary/aromatic N) is 3. The third-order valence-electron chi connectivity index (χ3n) is 8.21. The number of methoxy groups -OCH3 is 2. The maximum absolute atomic E-state index is 12.9. The summed E-state index contributed by atoms with van der Waals surface area (Å²) in [6.07, 6.45) is 1.83. The van der Waals surface area contributed by atoms with E-state index in [-0.39, 0.29) is 11.8 Å². The molecule has 0 saturated carbocycles. The smallest absolute Gasteiger partial charge is 0.270 e. The van der Waals surface area contributed by atoms with Gasteiger partial charge in [0.1, 0.15) is 22.2 Å². The van der Waals surface area contributed by atoms with Gasteiger partial charge in [0, 0.05) is 49.1 Å². The summed E-state index contributed by atoms with van der Waals surface area (Å²) in [5, 5.41) is 5.84. The van der Waals surface area contributed by atoms with Crippen LogP contribution in [0.2, 0.25) is 0 Å². The fourth-order valence-corrected chi connectivity index (χ4v) is 6.56. The topological polar surface area (TPSA) is 76.2 Å². The molecule has 1 fully saturated rings. The maximum atomic E-state index is 12.9. The molecule has 4 aromatic rings. The Hall–Kier alpha value is -3.76. The summed E-state index contributed by atoms with van der Waals surface area (Å²) < 4.78 is 16.6. The summed E-state index contributed by atoms with van der Waals surface area (Å²) in [5.74, 6) is 1.69. The van der Waals surface area contributed by atoms with Crippen molar-refractivity contribution in [1.82, 2.24) is 20.1 Å². The van der Waals surface area contributed by atoms with Crippen LogP contribution in [-0.2, 0) is 17.8 Å². The number of carbonyl (C=O) groups is 1. The molecule has 8 nitrogen and oxygen atoms in total. The van der Waals surface area contributed by atoms with E-state index in [1.807, 2.05) is 17.5 Å². The molecule has 0 unspecified atom stereocenters. The zero-order valence-corrected chi connectivity index (χ0v) is 27.1. The number of amides is 1. The molecule has 2 heterocycles. The van der Waals surface area contributed by atoms with Gasteiger partial charge in [0.05, 0.1) is 34.0 Å². The molecular weight excluding hydrogens is 584 g/mol. The summed E-state index contributed by atoms with van der Waals surface area (Å²) in [4.78, 5) is 22.4. The Morgan fingerprint density at radius 3 is 2.36 bits per heavy atom. The van der Waals surface area contributed by atoms with E-state index in [9.17, 15) is 4.79 Å². The van der Waals surface area contributed by atoms with Gasteiger partial charge < -0.3 is 19.5 Å². The molecule has 45 heavy (non-hydrogen) atoms. The van der Waals surface area contributed by atoms with Crippen molar-refractivity contribution in [2.75, 3.05) is 60.2 Å². The normalized spacial score (nSPS) is 13.7. The van der Waals surface area contributed by atoms with Crippen molar-refractivity contribution in [1.29, 1.82) is 0 Å². The Labute approximate surface area is 271 Å². The van der Waals surface area contributed by atoms with Gasteiger partial charge in [0.2, 0.25) is 0 Å². The Morgan fingerprint density at radius 1 is 0.978 bits per heavy atom. The van der Waals surface area contributed by atoms with Gasteiger partial charge in [-0.05, 0) is 43.1 Å². The van der Waals surface area contributed by atoms with Gasteiger partial charge in [-0.15, -0.1) is 11.3 Å². The van der Waals surface area contributed by atoms with E-state index < -0.39 is 0 Å². The second-order valence-corrected chi connectivity index (χ2v) is 12.2. The summed E-state index contributed by atoms with van der Waals surface area (Å²) in [6.45, 7) is 7.21. The highest BCUT2D eigenvalue weighted by Gasteiger charge is 2.20. The molecule has 0 spiro atoms. The molecule has 1 saturated heterocycles. The lowest BCUT2D eigenvalue weighted by atomic mass is 9.88. The van der Waals surface area contributed by atoms with Crippen LogP contribution in [0.3, 0.4) is 0 Å². The highest BCUT2D eigenvalue weighted by Crippen LogP contribution is 2.30. The first kappa shape index (κ1) is 32.6. The van der Waals surface area contributed by atoms with Crippen LogP contribution in [0.5, 0.6) is 11.5 Å². The molecule has 0 atom stereocenters. The number of benzene rings is 3. The first-order chi connectivity index (χ1) is 22.1. The average molecular weight is 629 g/mol. The van der Waals surface area contributed by atoms with Gasteiger partial charge in [-0.2, -0.15) is 0 Å². The van der Waals surface area contributed by atoms with Crippen LogP contribution in [-0.4, -0.2) is 80.8 Å². The first-order valence-electron chi connectivity index (χ1n) is 15.7. The van der Waals surface area contributed by atoms with Crippen LogP contribution >= 0.6 is 11.3 Å².